The quantitative estimate of drug-likeness (QED) is 0.590. The van der Waals surface area contributed by atoms with Gasteiger partial charge in [0, 0.05) is 44.1 Å². The van der Waals surface area contributed by atoms with E-state index >= 15 is 0 Å². The molecule has 0 amide bonds. The van der Waals surface area contributed by atoms with Crippen molar-refractivity contribution in [2.75, 3.05) is 37.8 Å². The van der Waals surface area contributed by atoms with Crippen molar-refractivity contribution in [2.24, 2.45) is 0 Å². The number of benzene rings is 1. The molecule has 0 bridgehead atoms. The van der Waals surface area contributed by atoms with Gasteiger partial charge in [-0.05, 0) is 24.6 Å². The predicted octanol–water partition coefficient (Wildman–Crippen LogP) is -0.0661. The Balaban J connectivity index is 1.46. The molecule has 1 aromatic rings. The molecular formula is C18H27N5O3S2. The molecule has 0 spiro atoms. The average Bonchev–Trinajstić information content (AvgIpc) is 3.15. The van der Waals surface area contributed by atoms with Gasteiger partial charge >= 0.3 is 0 Å². The van der Waals surface area contributed by atoms with E-state index in [1.54, 1.807) is 30.0 Å². The van der Waals surface area contributed by atoms with E-state index in [4.69, 9.17) is 5.26 Å². The highest BCUT2D eigenvalue weighted by Gasteiger charge is 2.32. The topological polar surface area (TPSA) is 104 Å². The van der Waals surface area contributed by atoms with E-state index in [1.807, 2.05) is 13.0 Å². The van der Waals surface area contributed by atoms with Gasteiger partial charge in [-0.1, -0.05) is 12.1 Å². The Morgan fingerprint density at radius 2 is 2.14 bits per heavy atom. The lowest BCUT2D eigenvalue weighted by molar-refractivity contribution is -0.922. The second-order valence-corrected chi connectivity index (χ2v) is 10.2. The van der Waals surface area contributed by atoms with Crippen molar-refractivity contribution in [3.8, 4) is 6.07 Å². The van der Waals surface area contributed by atoms with Gasteiger partial charge in [-0.25, -0.2) is 8.42 Å². The van der Waals surface area contributed by atoms with Crippen LogP contribution in [0.15, 0.2) is 29.2 Å². The van der Waals surface area contributed by atoms with Crippen LogP contribution in [0.3, 0.4) is 0 Å². The lowest BCUT2D eigenvalue weighted by atomic mass is 10.1. The predicted molar refractivity (Wildman–Crippen MR) is 109 cm³/mol. The molecule has 8 nitrogen and oxygen atoms in total. The van der Waals surface area contributed by atoms with E-state index in [1.165, 1.54) is 4.31 Å². The molecular weight excluding hydrogens is 398 g/mol. The second-order valence-electron chi connectivity index (χ2n) is 7.24. The summed E-state index contributed by atoms with van der Waals surface area (Å²) in [7, 11) is -3.51. The zero-order chi connectivity index (χ0) is 20.1. The van der Waals surface area contributed by atoms with Crippen LogP contribution in [0.25, 0.3) is 0 Å². The molecule has 2 fully saturated rings. The third-order valence-corrected chi connectivity index (χ3v) is 8.23. The van der Waals surface area contributed by atoms with Crippen molar-refractivity contribution < 1.29 is 13.6 Å². The van der Waals surface area contributed by atoms with Gasteiger partial charge in [0.15, 0.2) is 0 Å². The molecule has 0 aromatic heterocycles. The summed E-state index contributed by atoms with van der Waals surface area (Å²) in [5.74, 6) is 1.64. The standard InChI is InChI=1S/C18H27N5O3S2/c1-15-3-2-4-18(11-15)28(25,26)22-8-5-16(6-9-22)23(24)20-7-10-21-14-27-13-17(21)12-19/h2-4,11,16-17,20,23H,5-10,13-14H2,1H3. The van der Waals surface area contributed by atoms with Gasteiger partial charge in [0.25, 0.3) is 0 Å². The molecule has 2 saturated heterocycles. The van der Waals surface area contributed by atoms with Crippen molar-refractivity contribution >= 4 is 21.8 Å². The largest absolute Gasteiger partial charge is 0.613 e. The van der Waals surface area contributed by atoms with Crippen molar-refractivity contribution in [1.29, 1.82) is 5.26 Å². The third kappa shape index (κ3) is 5.04. The zero-order valence-corrected chi connectivity index (χ0v) is 17.6. The van der Waals surface area contributed by atoms with Crippen molar-refractivity contribution in [3.05, 3.63) is 35.0 Å². The van der Waals surface area contributed by atoms with E-state index in [2.05, 4.69) is 16.4 Å². The molecule has 2 aliphatic rings. The van der Waals surface area contributed by atoms with Crippen LogP contribution in [0.5, 0.6) is 0 Å². The van der Waals surface area contributed by atoms with Gasteiger partial charge in [0.05, 0.1) is 17.5 Å². The van der Waals surface area contributed by atoms with Crippen LogP contribution in [0.1, 0.15) is 18.4 Å². The molecule has 0 aliphatic carbocycles. The number of aryl methyl sites for hydroxylation is 1. The number of nitrogens with zero attached hydrogens (tertiary/aromatic N) is 3. The normalized spacial score (nSPS) is 23.5. The molecule has 2 heterocycles. The summed E-state index contributed by atoms with van der Waals surface area (Å²) >= 11 is 1.73. The molecule has 10 heteroatoms. The van der Waals surface area contributed by atoms with Crippen LogP contribution in [0.4, 0.5) is 0 Å². The van der Waals surface area contributed by atoms with Crippen molar-refractivity contribution in [2.45, 2.75) is 36.7 Å². The molecule has 0 saturated carbocycles. The van der Waals surface area contributed by atoms with Gasteiger partial charge in [0.1, 0.15) is 12.1 Å². The molecule has 28 heavy (non-hydrogen) atoms. The second kappa shape index (κ2) is 9.54. The first-order valence-corrected chi connectivity index (χ1v) is 12.1. The number of hydrogen-bond donors (Lipinski definition) is 2. The van der Waals surface area contributed by atoms with Gasteiger partial charge in [-0.3, -0.25) is 10.1 Å². The summed E-state index contributed by atoms with van der Waals surface area (Å²) in [6, 6.07) is 8.96. The Kier molecular flexibility index (Phi) is 7.33. The van der Waals surface area contributed by atoms with E-state index in [9.17, 15) is 13.6 Å². The fourth-order valence-corrected chi connectivity index (χ4v) is 6.30. The van der Waals surface area contributed by atoms with Crippen LogP contribution < -0.4 is 10.6 Å². The fourth-order valence-electron chi connectivity index (χ4n) is 3.57. The number of hydroxylamine groups is 1. The van der Waals surface area contributed by atoms with Crippen molar-refractivity contribution in [1.82, 2.24) is 14.6 Å². The van der Waals surface area contributed by atoms with E-state index in [0.29, 0.717) is 43.9 Å². The summed E-state index contributed by atoms with van der Waals surface area (Å²) in [6.07, 6.45) is 1.05. The highest BCUT2D eigenvalue weighted by Crippen LogP contribution is 2.21. The highest BCUT2D eigenvalue weighted by molar-refractivity contribution is 7.99. The van der Waals surface area contributed by atoms with Gasteiger partial charge in [-0.2, -0.15) is 15.0 Å². The zero-order valence-electron chi connectivity index (χ0n) is 16.0. The Bertz CT molecular complexity index is 806. The summed E-state index contributed by atoms with van der Waals surface area (Å²) in [5.41, 5.74) is 3.86. The van der Waals surface area contributed by atoms with Crippen molar-refractivity contribution in [3.63, 3.8) is 0 Å². The van der Waals surface area contributed by atoms with Crippen LogP contribution in [-0.4, -0.2) is 67.5 Å². The molecule has 3 rings (SSSR count). The summed E-state index contributed by atoms with van der Waals surface area (Å²) in [6.45, 7) is 3.76. The molecule has 2 N–H and O–H groups in total. The molecule has 2 aliphatic heterocycles. The summed E-state index contributed by atoms with van der Waals surface area (Å²) in [4.78, 5) is 2.38. The van der Waals surface area contributed by atoms with Gasteiger partial charge in [0.2, 0.25) is 10.0 Å². The van der Waals surface area contributed by atoms with Gasteiger partial charge < -0.3 is 5.21 Å². The molecule has 1 aromatic carbocycles. The number of rotatable bonds is 7. The van der Waals surface area contributed by atoms with E-state index in [0.717, 1.165) is 17.2 Å². The first kappa shape index (κ1) is 21.5. The maximum absolute atomic E-state index is 12.8. The summed E-state index contributed by atoms with van der Waals surface area (Å²) in [5, 5.41) is 21.5. The van der Waals surface area contributed by atoms with E-state index < -0.39 is 10.0 Å². The van der Waals surface area contributed by atoms with Crippen LogP contribution >= 0.6 is 11.8 Å². The average molecular weight is 426 g/mol. The SMILES string of the molecule is Cc1cccc(S(=O)(=O)N2CCC([NH+]([O-])NCCN3CSCC3C#N)CC2)c1. The van der Waals surface area contributed by atoms with Crippen LogP contribution in [-0.2, 0) is 10.0 Å². The smallest absolute Gasteiger partial charge is 0.243 e. The monoisotopic (exact) mass is 425 g/mol. The Labute approximate surface area is 171 Å². The number of piperidine rings is 1. The van der Waals surface area contributed by atoms with Crippen LogP contribution in [0, 0.1) is 23.5 Å². The minimum atomic E-state index is -3.51. The molecule has 154 valence electrons. The number of quaternary nitrogens is 1. The first-order chi connectivity index (χ1) is 13.4. The number of thioether (sulfide) groups is 1. The Morgan fingerprint density at radius 1 is 1.39 bits per heavy atom. The fraction of sp³-hybridized carbons (Fsp3) is 0.611. The Morgan fingerprint density at radius 3 is 2.82 bits per heavy atom. The first-order valence-electron chi connectivity index (χ1n) is 9.48. The maximum Gasteiger partial charge on any atom is 0.243 e. The third-order valence-electron chi connectivity index (χ3n) is 5.27. The number of sulfonamides is 1. The minimum absolute atomic E-state index is 0.0204. The van der Waals surface area contributed by atoms with E-state index in [-0.39, 0.29) is 17.3 Å². The number of nitrogens with one attached hydrogen (secondary N) is 2. The van der Waals surface area contributed by atoms with Gasteiger partial charge in [-0.15, -0.1) is 11.8 Å². The maximum atomic E-state index is 12.8. The number of nitriles is 1. The lowest BCUT2D eigenvalue weighted by Gasteiger charge is -2.37. The van der Waals surface area contributed by atoms with Crippen LogP contribution in [0.2, 0.25) is 0 Å². The lowest BCUT2D eigenvalue weighted by Crippen LogP contribution is -3.18. The molecule has 0 radical (unpaired) electrons. The molecule has 2 unspecified atom stereocenters. The summed E-state index contributed by atoms with van der Waals surface area (Å²) < 4.78 is 27.0. The Hall–Kier alpha value is -1.19. The highest BCUT2D eigenvalue weighted by atomic mass is 32.2. The molecule has 2 atom stereocenters. The minimum Gasteiger partial charge on any atom is -0.613 e. The number of hydrogen-bond acceptors (Lipinski definition) is 7.